The van der Waals surface area contributed by atoms with Crippen LogP contribution in [0.25, 0.3) is 0 Å². The van der Waals surface area contributed by atoms with Gasteiger partial charge in [-0.1, -0.05) is 17.7 Å². The molecule has 2 N–H and O–H groups in total. The molecule has 0 heterocycles. The van der Waals surface area contributed by atoms with E-state index in [0.717, 1.165) is 18.6 Å². The van der Waals surface area contributed by atoms with E-state index in [0.29, 0.717) is 0 Å². The van der Waals surface area contributed by atoms with Crippen LogP contribution in [0.5, 0.6) is 0 Å². The molecule has 0 aromatic heterocycles. The first-order valence-corrected chi connectivity index (χ1v) is 6.55. The van der Waals surface area contributed by atoms with E-state index in [1.165, 1.54) is 10.5 Å². The van der Waals surface area contributed by atoms with Crippen LogP contribution in [0, 0.1) is 18.8 Å². The molecule has 86 valence electrons. The summed E-state index contributed by atoms with van der Waals surface area (Å²) >= 11 is 1.83. The average molecular weight is 233 g/mol. The van der Waals surface area contributed by atoms with Crippen LogP contribution in [0.15, 0.2) is 29.2 Å². The molecule has 0 fully saturated rings. The minimum atomic E-state index is 0.242. The molecular weight excluding hydrogens is 214 g/mol. The fourth-order valence-electron chi connectivity index (χ4n) is 1.37. The van der Waals surface area contributed by atoms with Gasteiger partial charge in [-0.25, -0.2) is 0 Å². The minimum Gasteiger partial charge on any atom is -0.327 e. The smallest absolute Gasteiger partial charge is 0.0143 e. The van der Waals surface area contributed by atoms with E-state index in [-0.39, 0.29) is 6.04 Å². The lowest BCUT2D eigenvalue weighted by molar-refractivity contribution is 0.692. The lowest BCUT2D eigenvalue weighted by Crippen LogP contribution is -2.22. The lowest BCUT2D eigenvalue weighted by atomic mass is 10.2. The van der Waals surface area contributed by atoms with Gasteiger partial charge in [-0.3, -0.25) is 0 Å². The van der Waals surface area contributed by atoms with Crippen LogP contribution in [0.1, 0.15) is 25.3 Å². The van der Waals surface area contributed by atoms with E-state index in [1.807, 2.05) is 18.7 Å². The molecule has 16 heavy (non-hydrogen) atoms. The van der Waals surface area contributed by atoms with Crippen LogP contribution in [-0.4, -0.2) is 11.8 Å². The molecule has 0 amide bonds. The van der Waals surface area contributed by atoms with Gasteiger partial charge < -0.3 is 5.73 Å². The van der Waals surface area contributed by atoms with Crippen molar-refractivity contribution in [1.82, 2.24) is 0 Å². The largest absolute Gasteiger partial charge is 0.327 e. The topological polar surface area (TPSA) is 26.0 Å². The van der Waals surface area contributed by atoms with Gasteiger partial charge in [0.2, 0.25) is 0 Å². The van der Waals surface area contributed by atoms with Crippen LogP contribution in [0.2, 0.25) is 0 Å². The van der Waals surface area contributed by atoms with Gasteiger partial charge in [-0.15, -0.1) is 23.6 Å². The first-order valence-electron chi connectivity index (χ1n) is 5.57. The van der Waals surface area contributed by atoms with Crippen molar-refractivity contribution in [1.29, 1.82) is 0 Å². The fourth-order valence-corrected chi connectivity index (χ4v) is 2.39. The van der Waals surface area contributed by atoms with Gasteiger partial charge in [0.15, 0.2) is 0 Å². The molecule has 0 radical (unpaired) electrons. The summed E-state index contributed by atoms with van der Waals surface area (Å²) in [6.07, 6.45) is 1.89. The van der Waals surface area contributed by atoms with Gasteiger partial charge >= 0.3 is 0 Å². The number of rotatable bonds is 5. The van der Waals surface area contributed by atoms with Crippen molar-refractivity contribution in [2.24, 2.45) is 5.73 Å². The fraction of sp³-hybridized carbons (Fsp3) is 0.429. The number of hydrogen-bond donors (Lipinski definition) is 1. The molecule has 1 atom stereocenters. The first-order chi connectivity index (χ1) is 7.72. The number of hydrogen-bond acceptors (Lipinski definition) is 2. The quantitative estimate of drug-likeness (QED) is 0.624. The molecule has 1 unspecified atom stereocenters. The second kappa shape index (κ2) is 7.38. The van der Waals surface area contributed by atoms with Gasteiger partial charge in [-0.05, 0) is 32.4 Å². The third-order valence-electron chi connectivity index (χ3n) is 2.27. The van der Waals surface area contributed by atoms with E-state index in [4.69, 9.17) is 5.73 Å². The predicted molar refractivity (Wildman–Crippen MR) is 72.6 cm³/mol. The van der Waals surface area contributed by atoms with Crippen molar-refractivity contribution in [2.75, 3.05) is 5.75 Å². The van der Waals surface area contributed by atoms with Crippen molar-refractivity contribution >= 4 is 11.8 Å². The highest BCUT2D eigenvalue weighted by Crippen LogP contribution is 2.20. The van der Waals surface area contributed by atoms with Crippen LogP contribution in [-0.2, 0) is 0 Å². The van der Waals surface area contributed by atoms with E-state index in [1.54, 1.807) is 0 Å². The van der Waals surface area contributed by atoms with Crippen molar-refractivity contribution in [3.63, 3.8) is 0 Å². The Morgan fingerprint density at radius 1 is 1.44 bits per heavy atom. The van der Waals surface area contributed by atoms with Crippen molar-refractivity contribution in [2.45, 2.75) is 37.6 Å². The maximum absolute atomic E-state index is 6.01. The van der Waals surface area contributed by atoms with E-state index in [9.17, 15) is 0 Å². The molecule has 1 nitrogen and oxygen atoms in total. The minimum absolute atomic E-state index is 0.242. The Bertz CT molecular complexity index is 376. The third-order valence-corrected chi connectivity index (χ3v) is 3.45. The van der Waals surface area contributed by atoms with Gasteiger partial charge in [-0.2, -0.15) is 0 Å². The summed E-state index contributed by atoms with van der Waals surface area (Å²) < 4.78 is 0. The molecule has 0 spiro atoms. The molecule has 1 aromatic carbocycles. The zero-order chi connectivity index (χ0) is 11.8. The van der Waals surface area contributed by atoms with E-state index in [2.05, 4.69) is 43.0 Å². The van der Waals surface area contributed by atoms with E-state index >= 15 is 0 Å². The standard InChI is InChI=1S/C14H19NS/c1-3-4-5-8-13(15)11-16-14-9-6-7-12(2)10-14/h6-7,9-10,13H,5,8,11,15H2,1-2H3. The zero-order valence-electron chi connectivity index (χ0n) is 9.99. The number of benzene rings is 1. The number of aryl methyl sites for hydroxylation is 1. The van der Waals surface area contributed by atoms with Crippen molar-refractivity contribution in [3.8, 4) is 11.8 Å². The summed E-state index contributed by atoms with van der Waals surface area (Å²) in [5, 5.41) is 0. The summed E-state index contributed by atoms with van der Waals surface area (Å²) in [7, 11) is 0. The molecule has 0 aliphatic rings. The molecule has 0 aliphatic heterocycles. The van der Waals surface area contributed by atoms with Gasteiger partial charge in [0.05, 0.1) is 0 Å². The number of thioether (sulfide) groups is 1. The van der Waals surface area contributed by atoms with Gasteiger partial charge in [0, 0.05) is 23.1 Å². The van der Waals surface area contributed by atoms with Gasteiger partial charge in [0.25, 0.3) is 0 Å². The Hall–Kier alpha value is -0.910. The van der Waals surface area contributed by atoms with Gasteiger partial charge in [0.1, 0.15) is 0 Å². The summed E-state index contributed by atoms with van der Waals surface area (Å²) in [5.74, 6) is 6.91. The summed E-state index contributed by atoms with van der Waals surface area (Å²) in [6, 6.07) is 8.78. The third kappa shape index (κ3) is 5.25. The Labute approximate surface area is 103 Å². The molecule has 1 rings (SSSR count). The Morgan fingerprint density at radius 3 is 2.94 bits per heavy atom. The molecule has 2 heteroatoms. The van der Waals surface area contributed by atoms with Crippen molar-refractivity contribution < 1.29 is 0 Å². The number of nitrogens with two attached hydrogens (primary N) is 1. The summed E-state index contributed by atoms with van der Waals surface area (Å²) in [4.78, 5) is 1.30. The van der Waals surface area contributed by atoms with Crippen LogP contribution in [0.3, 0.4) is 0 Å². The summed E-state index contributed by atoms with van der Waals surface area (Å²) in [5.41, 5.74) is 7.31. The average Bonchev–Trinajstić information content (AvgIpc) is 2.27. The maximum Gasteiger partial charge on any atom is 0.0143 e. The molecule has 0 bridgehead atoms. The van der Waals surface area contributed by atoms with Crippen LogP contribution < -0.4 is 5.73 Å². The lowest BCUT2D eigenvalue weighted by Gasteiger charge is -2.09. The monoisotopic (exact) mass is 233 g/mol. The first kappa shape index (κ1) is 13.2. The Balaban J connectivity index is 2.30. The zero-order valence-corrected chi connectivity index (χ0v) is 10.8. The highest BCUT2D eigenvalue weighted by atomic mass is 32.2. The summed E-state index contributed by atoms with van der Waals surface area (Å²) in [6.45, 7) is 3.98. The highest BCUT2D eigenvalue weighted by molar-refractivity contribution is 7.99. The Morgan fingerprint density at radius 2 is 2.25 bits per heavy atom. The van der Waals surface area contributed by atoms with Crippen LogP contribution >= 0.6 is 11.8 Å². The highest BCUT2D eigenvalue weighted by Gasteiger charge is 2.02. The molecule has 0 saturated heterocycles. The molecular formula is C14H19NS. The predicted octanol–water partition coefficient (Wildman–Crippen LogP) is 3.22. The maximum atomic E-state index is 6.01. The molecule has 1 aromatic rings. The molecule has 0 aliphatic carbocycles. The second-order valence-corrected chi connectivity index (χ2v) is 4.95. The van der Waals surface area contributed by atoms with Crippen molar-refractivity contribution in [3.05, 3.63) is 29.8 Å². The normalized spacial score (nSPS) is 11.7. The second-order valence-electron chi connectivity index (χ2n) is 3.85. The van der Waals surface area contributed by atoms with E-state index < -0.39 is 0 Å². The Kier molecular flexibility index (Phi) is 6.07. The van der Waals surface area contributed by atoms with Crippen LogP contribution in [0.4, 0.5) is 0 Å². The molecule has 0 saturated carbocycles. The SMILES string of the molecule is CC#CCCC(N)CSc1cccc(C)c1.